The van der Waals surface area contributed by atoms with E-state index in [2.05, 4.69) is 17.2 Å². The first-order valence-corrected chi connectivity index (χ1v) is 7.58. The lowest BCUT2D eigenvalue weighted by Gasteiger charge is -2.24. The maximum absolute atomic E-state index is 11.5. The molecule has 1 aromatic rings. The number of hydrogen-bond donors (Lipinski definition) is 2. The van der Waals surface area contributed by atoms with Gasteiger partial charge in [0, 0.05) is 11.4 Å². The van der Waals surface area contributed by atoms with Crippen LogP contribution in [0.1, 0.15) is 31.9 Å². The van der Waals surface area contributed by atoms with Gasteiger partial charge in [0.15, 0.2) is 5.17 Å². The van der Waals surface area contributed by atoms with Gasteiger partial charge < -0.3 is 10.4 Å². The third-order valence-corrected chi connectivity index (χ3v) is 4.10. The van der Waals surface area contributed by atoms with Crippen molar-refractivity contribution < 1.29 is 9.90 Å². The molecule has 2 N–H and O–H groups in total. The zero-order valence-electron chi connectivity index (χ0n) is 11.6. The summed E-state index contributed by atoms with van der Waals surface area (Å²) in [4.78, 5) is 16.1. The molecular weight excluding hydrogens is 272 g/mol. The van der Waals surface area contributed by atoms with Crippen molar-refractivity contribution in [3.63, 3.8) is 0 Å². The van der Waals surface area contributed by atoms with E-state index in [-0.39, 0.29) is 0 Å². The third kappa shape index (κ3) is 3.22. The first-order valence-electron chi connectivity index (χ1n) is 6.60. The summed E-state index contributed by atoms with van der Waals surface area (Å²) in [5.74, 6) is 0.0374. The molecule has 0 bridgehead atoms. The number of amidine groups is 1. The van der Waals surface area contributed by atoms with Gasteiger partial charge in [0.05, 0.1) is 5.57 Å². The molecule has 0 fully saturated rings. The number of aliphatic carboxylic acids is 1. The molecule has 4 nitrogen and oxygen atoms in total. The summed E-state index contributed by atoms with van der Waals surface area (Å²) in [7, 11) is 0. The Hall–Kier alpha value is -1.75. The van der Waals surface area contributed by atoms with Gasteiger partial charge in [0.25, 0.3) is 0 Å². The molecule has 0 amide bonds. The van der Waals surface area contributed by atoms with E-state index in [4.69, 9.17) is 0 Å². The number of carboxylic acid groups (broad SMARTS) is 1. The molecule has 0 saturated heterocycles. The molecule has 1 heterocycles. The molecule has 1 aliphatic rings. The molecule has 0 spiro atoms. The van der Waals surface area contributed by atoms with Gasteiger partial charge in [-0.25, -0.2) is 9.79 Å². The minimum atomic E-state index is -0.924. The van der Waals surface area contributed by atoms with Crippen molar-refractivity contribution >= 4 is 22.9 Å². The van der Waals surface area contributed by atoms with Gasteiger partial charge in [-0.1, -0.05) is 49.0 Å². The van der Waals surface area contributed by atoms with Gasteiger partial charge in [-0.3, -0.25) is 0 Å². The fraction of sp³-hybridized carbons (Fsp3) is 0.333. The average molecular weight is 290 g/mol. The van der Waals surface area contributed by atoms with E-state index in [1.54, 1.807) is 18.7 Å². The molecule has 0 saturated carbocycles. The van der Waals surface area contributed by atoms with Crippen molar-refractivity contribution in [2.24, 2.45) is 4.99 Å². The zero-order chi connectivity index (χ0) is 14.5. The number of carbonyl (C=O) groups is 1. The van der Waals surface area contributed by atoms with Crippen LogP contribution >= 0.6 is 11.8 Å². The van der Waals surface area contributed by atoms with Crippen LogP contribution in [0.5, 0.6) is 0 Å². The van der Waals surface area contributed by atoms with E-state index < -0.39 is 12.0 Å². The molecule has 1 unspecified atom stereocenters. The molecule has 1 aromatic carbocycles. The predicted molar refractivity (Wildman–Crippen MR) is 82.8 cm³/mol. The Bertz CT molecular complexity index is 552. The molecule has 1 aliphatic heterocycles. The summed E-state index contributed by atoms with van der Waals surface area (Å²) in [6.07, 6.45) is 1.05. The number of rotatable bonds is 4. The normalized spacial score (nSPS) is 18.5. The monoisotopic (exact) mass is 290 g/mol. The highest BCUT2D eigenvalue weighted by Gasteiger charge is 2.28. The Balaban J connectivity index is 2.37. The summed E-state index contributed by atoms with van der Waals surface area (Å²) in [5, 5.41) is 13.3. The number of carboxylic acids is 1. The number of benzene rings is 1. The van der Waals surface area contributed by atoms with Crippen molar-refractivity contribution in [3.05, 3.63) is 47.2 Å². The standard InChI is InChI=1S/C15H18N2O2S/c1-3-9-20-15-16-10(2)12(14(18)19)13(17-15)11-7-5-4-6-8-11/h4-8,13H,3,9H2,1-2H3,(H,16,17)(H,18,19). The number of nitrogens with one attached hydrogen (secondary N) is 1. The van der Waals surface area contributed by atoms with Crippen molar-refractivity contribution in [1.82, 2.24) is 5.32 Å². The van der Waals surface area contributed by atoms with Crippen LogP contribution in [0.4, 0.5) is 0 Å². The highest BCUT2D eigenvalue weighted by atomic mass is 32.2. The van der Waals surface area contributed by atoms with Crippen LogP contribution in [0.15, 0.2) is 46.6 Å². The first-order chi connectivity index (χ1) is 9.63. The summed E-state index contributed by atoms with van der Waals surface area (Å²) < 4.78 is 0. The summed E-state index contributed by atoms with van der Waals surface area (Å²) >= 11 is 1.63. The van der Waals surface area contributed by atoms with Crippen LogP contribution in [0.3, 0.4) is 0 Å². The van der Waals surface area contributed by atoms with Crippen LogP contribution in [-0.4, -0.2) is 22.0 Å². The Morgan fingerprint density at radius 1 is 1.40 bits per heavy atom. The Morgan fingerprint density at radius 3 is 2.70 bits per heavy atom. The van der Waals surface area contributed by atoms with Crippen molar-refractivity contribution in [2.45, 2.75) is 26.3 Å². The number of aliphatic imine (C=N–C) groups is 1. The van der Waals surface area contributed by atoms with Crippen LogP contribution in [0, 0.1) is 0 Å². The number of allylic oxidation sites excluding steroid dienone is 1. The third-order valence-electron chi connectivity index (χ3n) is 3.01. The molecule has 106 valence electrons. The van der Waals surface area contributed by atoms with E-state index >= 15 is 0 Å². The highest BCUT2D eigenvalue weighted by molar-refractivity contribution is 8.13. The highest BCUT2D eigenvalue weighted by Crippen LogP contribution is 2.32. The molecule has 0 aliphatic carbocycles. The molecular formula is C15H18N2O2S. The summed E-state index contributed by atoms with van der Waals surface area (Å²) in [6.45, 7) is 3.90. The largest absolute Gasteiger partial charge is 0.478 e. The van der Waals surface area contributed by atoms with Gasteiger partial charge in [-0.15, -0.1) is 0 Å². The summed E-state index contributed by atoms with van der Waals surface area (Å²) in [5.41, 5.74) is 1.89. The smallest absolute Gasteiger partial charge is 0.335 e. The predicted octanol–water partition coefficient (Wildman–Crippen LogP) is 3.19. The second-order valence-electron chi connectivity index (χ2n) is 4.56. The number of thioether (sulfide) groups is 1. The van der Waals surface area contributed by atoms with Crippen LogP contribution < -0.4 is 5.32 Å². The lowest BCUT2D eigenvalue weighted by Crippen LogP contribution is -2.29. The van der Waals surface area contributed by atoms with Gasteiger partial charge in [0.1, 0.15) is 6.04 Å². The maximum Gasteiger partial charge on any atom is 0.335 e. The number of nitrogens with zero attached hydrogens (tertiary/aromatic N) is 1. The lowest BCUT2D eigenvalue weighted by atomic mass is 9.97. The zero-order valence-corrected chi connectivity index (χ0v) is 12.4. The fourth-order valence-corrected chi connectivity index (χ4v) is 2.88. The van der Waals surface area contributed by atoms with Crippen molar-refractivity contribution in [2.75, 3.05) is 5.75 Å². The molecule has 2 rings (SSSR count). The van der Waals surface area contributed by atoms with E-state index in [9.17, 15) is 9.90 Å². The molecule has 1 atom stereocenters. The van der Waals surface area contributed by atoms with Crippen LogP contribution in [0.25, 0.3) is 0 Å². The van der Waals surface area contributed by atoms with E-state index in [0.717, 1.165) is 22.9 Å². The van der Waals surface area contributed by atoms with Gasteiger partial charge in [-0.2, -0.15) is 0 Å². The quantitative estimate of drug-likeness (QED) is 0.894. The van der Waals surface area contributed by atoms with E-state index in [0.29, 0.717) is 11.3 Å². The van der Waals surface area contributed by atoms with Gasteiger partial charge in [0.2, 0.25) is 0 Å². The summed E-state index contributed by atoms with van der Waals surface area (Å²) in [6, 6.07) is 9.11. The minimum Gasteiger partial charge on any atom is -0.478 e. The molecule has 0 aromatic heterocycles. The van der Waals surface area contributed by atoms with Gasteiger partial charge >= 0.3 is 5.97 Å². The topological polar surface area (TPSA) is 61.7 Å². The maximum atomic E-state index is 11.5. The van der Waals surface area contributed by atoms with Crippen molar-refractivity contribution in [1.29, 1.82) is 0 Å². The second kappa shape index (κ2) is 6.61. The fourth-order valence-electron chi connectivity index (χ4n) is 2.07. The molecule has 20 heavy (non-hydrogen) atoms. The molecule has 5 heteroatoms. The first kappa shape index (κ1) is 14.7. The van der Waals surface area contributed by atoms with Gasteiger partial charge in [-0.05, 0) is 18.9 Å². The van der Waals surface area contributed by atoms with Crippen LogP contribution in [-0.2, 0) is 4.79 Å². The minimum absolute atomic E-state index is 0.317. The lowest BCUT2D eigenvalue weighted by molar-refractivity contribution is -0.133. The second-order valence-corrected chi connectivity index (χ2v) is 5.65. The molecule has 0 radical (unpaired) electrons. The average Bonchev–Trinajstić information content (AvgIpc) is 2.45. The Labute approximate surface area is 123 Å². The Morgan fingerprint density at radius 2 is 2.10 bits per heavy atom. The Kier molecular flexibility index (Phi) is 4.84. The van der Waals surface area contributed by atoms with Crippen LogP contribution in [0.2, 0.25) is 0 Å². The SMILES string of the molecule is CCCSC1=NC(c2ccccc2)C(C(=O)O)=C(C)N1. The number of hydrogen-bond acceptors (Lipinski definition) is 4. The van der Waals surface area contributed by atoms with E-state index in [1.807, 2.05) is 30.3 Å². The van der Waals surface area contributed by atoms with E-state index in [1.165, 1.54) is 0 Å². The van der Waals surface area contributed by atoms with Crippen molar-refractivity contribution in [3.8, 4) is 0 Å².